The zero-order valence-electron chi connectivity index (χ0n) is 19.0. The van der Waals surface area contributed by atoms with E-state index in [-0.39, 0.29) is 45.7 Å². The minimum absolute atomic E-state index is 0.0318. The number of hydrogen-bond donors (Lipinski definition) is 1. The Hall–Kier alpha value is -2.80. The third-order valence-corrected chi connectivity index (χ3v) is 7.47. The number of carbonyl (C=O) groups is 3. The van der Waals surface area contributed by atoms with Crippen LogP contribution in [0.5, 0.6) is 0 Å². The number of hydrogen-bond acceptors (Lipinski definition) is 9. The normalized spacial score (nSPS) is 11.3. The van der Waals surface area contributed by atoms with E-state index in [0.29, 0.717) is 5.56 Å². The molecule has 1 aromatic heterocycles. The van der Waals surface area contributed by atoms with Gasteiger partial charge in [-0.05, 0) is 43.7 Å². The zero-order chi connectivity index (χ0) is 24.8. The SMILES string of the molecule is CCOC(=O)c1c(NC(=O)c2ccc(S(=O)(=O)N(C)C)cc2)sc(C(=O)OCCOC)c1C. The summed E-state index contributed by atoms with van der Waals surface area (Å²) in [5.74, 6) is -1.93. The quantitative estimate of drug-likeness (QED) is 0.391. The molecule has 0 unspecified atom stereocenters. The predicted octanol–water partition coefficient (Wildman–Crippen LogP) is 2.54. The number of benzene rings is 1. The van der Waals surface area contributed by atoms with Crippen LogP contribution in [0.2, 0.25) is 0 Å². The van der Waals surface area contributed by atoms with Crippen LogP contribution in [0.15, 0.2) is 29.2 Å². The van der Waals surface area contributed by atoms with Gasteiger partial charge in [0.15, 0.2) is 0 Å². The molecule has 1 heterocycles. The van der Waals surface area contributed by atoms with Crippen molar-refractivity contribution in [2.45, 2.75) is 18.7 Å². The van der Waals surface area contributed by atoms with Crippen molar-refractivity contribution < 1.29 is 37.0 Å². The van der Waals surface area contributed by atoms with Crippen LogP contribution in [0.3, 0.4) is 0 Å². The number of rotatable bonds is 10. The molecular formula is C21H26N2O8S2. The molecule has 0 saturated carbocycles. The van der Waals surface area contributed by atoms with E-state index in [4.69, 9.17) is 14.2 Å². The molecule has 0 radical (unpaired) electrons. The Morgan fingerprint density at radius 1 is 1.03 bits per heavy atom. The summed E-state index contributed by atoms with van der Waals surface area (Å²) in [6.07, 6.45) is 0. The molecule has 1 N–H and O–H groups in total. The number of amides is 1. The zero-order valence-corrected chi connectivity index (χ0v) is 20.6. The molecule has 1 aromatic carbocycles. The van der Waals surface area contributed by atoms with E-state index in [0.717, 1.165) is 15.6 Å². The summed E-state index contributed by atoms with van der Waals surface area (Å²) in [4.78, 5) is 37.9. The molecule has 2 aromatic rings. The van der Waals surface area contributed by atoms with Gasteiger partial charge in [-0.15, -0.1) is 11.3 Å². The van der Waals surface area contributed by atoms with E-state index in [1.165, 1.54) is 45.5 Å². The highest BCUT2D eigenvalue weighted by molar-refractivity contribution is 7.89. The summed E-state index contributed by atoms with van der Waals surface area (Å²) in [6.45, 7) is 3.56. The fourth-order valence-corrected chi connectivity index (χ4v) is 4.68. The number of nitrogens with zero attached hydrogens (tertiary/aromatic N) is 1. The molecule has 0 aliphatic carbocycles. The van der Waals surface area contributed by atoms with E-state index in [2.05, 4.69) is 5.32 Å². The molecule has 33 heavy (non-hydrogen) atoms. The molecule has 0 aliphatic heterocycles. The molecule has 12 heteroatoms. The number of methoxy groups -OCH3 is 1. The second-order valence-electron chi connectivity index (χ2n) is 6.88. The molecular weight excluding hydrogens is 472 g/mol. The van der Waals surface area contributed by atoms with Crippen LogP contribution in [0.1, 0.15) is 42.9 Å². The van der Waals surface area contributed by atoms with Crippen molar-refractivity contribution in [3.63, 3.8) is 0 Å². The molecule has 0 bridgehead atoms. The second kappa shape index (κ2) is 11.4. The van der Waals surface area contributed by atoms with Gasteiger partial charge in [0.25, 0.3) is 5.91 Å². The highest BCUT2D eigenvalue weighted by Crippen LogP contribution is 2.34. The lowest BCUT2D eigenvalue weighted by atomic mass is 10.1. The third-order valence-electron chi connectivity index (χ3n) is 4.45. The number of anilines is 1. The standard InChI is InChI=1S/C21H26N2O8S2/c1-6-30-20(25)16-13(2)17(21(26)31-12-11-29-5)32-19(16)22-18(24)14-7-9-15(10-8-14)33(27,28)23(3)4/h7-10H,6,11-12H2,1-5H3,(H,22,24). The minimum atomic E-state index is -3.64. The van der Waals surface area contributed by atoms with Gasteiger partial charge in [0, 0.05) is 26.8 Å². The number of sulfonamides is 1. The van der Waals surface area contributed by atoms with Gasteiger partial charge in [-0.2, -0.15) is 0 Å². The second-order valence-corrected chi connectivity index (χ2v) is 10.0. The van der Waals surface area contributed by atoms with Crippen molar-refractivity contribution in [2.75, 3.05) is 46.3 Å². The first-order valence-corrected chi connectivity index (χ1v) is 12.1. The van der Waals surface area contributed by atoms with Gasteiger partial charge < -0.3 is 19.5 Å². The lowest BCUT2D eigenvalue weighted by molar-refractivity contribution is 0.0392. The molecule has 0 atom stereocenters. The van der Waals surface area contributed by atoms with Gasteiger partial charge in [0.2, 0.25) is 10.0 Å². The molecule has 0 spiro atoms. The molecule has 10 nitrogen and oxygen atoms in total. The smallest absolute Gasteiger partial charge is 0.348 e. The van der Waals surface area contributed by atoms with Crippen LogP contribution in [0.4, 0.5) is 5.00 Å². The van der Waals surface area contributed by atoms with Gasteiger partial charge in [-0.1, -0.05) is 0 Å². The molecule has 2 rings (SSSR count). The lowest BCUT2D eigenvalue weighted by Gasteiger charge is -2.11. The molecule has 0 aliphatic rings. The van der Waals surface area contributed by atoms with Crippen molar-refractivity contribution in [3.8, 4) is 0 Å². The first-order chi connectivity index (χ1) is 15.5. The van der Waals surface area contributed by atoms with E-state index in [1.54, 1.807) is 13.8 Å². The Balaban J connectivity index is 2.34. The molecule has 180 valence electrons. The number of nitrogens with one attached hydrogen (secondary N) is 1. The van der Waals surface area contributed by atoms with Crippen LogP contribution in [-0.2, 0) is 24.2 Å². The van der Waals surface area contributed by atoms with E-state index in [1.807, 2.05) is 0 Å². The van der Waals surface area contributed by atoms with Crippen LogP contribution in [0.25, 0.3) is 0 Å². The fourth-order valence-electron chi connectivity index (χ4n) is 2.69. The highest BCUT2D eigenvalue weighted by atomic mass is 32.2. The fraction of sp³-hybridized carbons (Fsp3) is 0.381. The van der Waals surface area contributed by atoms with Crippen LogP contribution < -0.4 is 5.32 Å². The maximum atomic E-state index is 12.8. The van der Waals surface area contributed by atoms with Gasteiger partial charge in [-0.25, -0.2) is 22.3 Å². The summed E-state index contributed by atoms with van der Waals surface area (Å²) in [6, 6.07) is 5.34. The summed E-state index contributed by atoms with van der Waals surface area (Å²) < 4.78 is 40.5. The van der Waals surface area contributed by atoms with Crippen LogP contribution >= 0.6 is 11.3 Å². The average molecular weight is 499 g/mol. The average Bonchev–Trinajstić information content (AvgIpc) is 3.09. The Bertz CT molecular complexity index is 1120. The topological polar surface area (TPSA) is 128 Å². The van der Waals surface area contributed by atoms with E-state index >= 15 is 0 Å². The van der Waals surface area contributed by atoms with Gasteiger partial charge >= 0.3 is 11.9 Å². The Kier molecular flexibility index (Phi) is 9.11. The summed E-state index contributed by atoms with van der Waals surface area (Å²) in [5.41, 5.74) is 0.544. The summed E-state index contributed by atoms with van der Waals surface area (Å²) in [7, 11) is 0.643. The van der Waals surface area contributed by atoms with Gasteiger partial charge in [-0.3, -0.25) is 4.79 Å². The van der Waals surface area contributed by atoms with Gasteiger partial charge in [0.1, 0.15) is 16.5 Å². The third kappa shape index (κ3) is 6.16. The first-order valence-electron chi connectivity index (χ1n) is 9.85. The van der Waals surface area contributed by atoms with Crippen molar-refractivity contribution in [2.24, 2.45) is 0 Å². The Morgan fingerprint density at radius 3 is 2.21 bits per heavy atom. The van der Waals surface area contributed by atoms with E-state index < -0.39 is 27.9 Å². The molecule has 1 amide bonds. The summed E-state index contributed by atoms with van der Waals surface area (Å²) in [5, 5.41) is 2.74. The predicted molar refractivity (Wildman–Crippen MR) is 122 cm³/mol. The van der Waals surface area contributed by atoms with Crippen molar-refractivity contribution >= 4 is 44.2 Å². The van der Waals surface area contributed by atoms with Gasteiger partial charge in [0.05, 0.1) is 23.7 Å². The highest BCUT2D eigenvalue weighted by Gasteiger charge is 2.28. The summed E-state index contributed by atoms with van der Waals surface area (Å²) >= 11 is 0.890. The van der Waals surface area contributed by atoms with Crippen molar-refractivity contribution in [3.05, 3.63) is 45.8 Å². The maximum absolute atomic E-state index is 12.8. The maximum Gasteiger partial charge on any atom is 0.348 e. The van der Waals surface area contributed by atoms with Crippen LogP contribution in [0, 0.1) is 6.92 Å². The number of thiophene rings is 1. The minimum Gasteiger partial charge on any atom is -0.462 e. The number of ether oxygens (including phenoxy) is 3. The Labute approximate surface area is 196 Å². The number of carbonyl (C=O) groups excluding carboxylic acids is 3. The largest absolute Gasteiger partial charge is 0.462 e. The lowest BCUT2D eigenvalue weighted by Crippen LogP contribution is -2.22. The van der Waals surface area contributed by atoms with Crippen LogP contribution in [-0.4, -0.2) is 71.6 Å². The van der Waals surface area contributed by atoms with Crippen molar-refractivity contribution in [1.82, 2.24) is 4.31 Å². The van der Waals surface area contributed by atoms with Crippen molar-refractivity contribution in [1.29, 1.82) is 0 Å². The Morgan fingerprint density at radius 2 is 1.67 bits per heavy atom. The first kappa shape index (κ1) is 26.5. The molecule has 0 saturated heterocycles. The monoisotopic (exact) mass is 498 g/mol. The number of esters is 2. The van der Waals surface area contributed by atoms with E-state index in [9.17, 15) is 22.8 Å². The molecule has 0 fully saturated rings.